The lowest BCUT2D eigenvalue weighted by Gasteiger charge is -2.07. The van der Waals surface area contributed by atoms with E-state index in [4.69, 9.17) is 0 Å². The number of rotatable bonds is 1. The lowest BCUT2D eigenvalue weighted by atomic mass is 10.1. The molecule has 0 aliphatic carbocycles. The third kappa shape index (κ3) is 1.67. The topological polar surface area (TPSA) is 35.6 Å². The Balaban J connectivity index is 2.44. The zero-order valence-electron chi connectivity index (χ0n) is 12.0. The molecule has 3 heterocycles. The van der Waals surface area contributed by atoms with Gasteiger partial charge in [-0.05, 0) is 51.5 Å². The molecule has 0 radical (unpaired) electrons. The fourth-order valence-electron chi connectivity index (χ4n) is 2.73. The van der Waals surface area contributed by atoms with E-state index in [1.807, 2.05) is 18.7 Å². The van der Waals surface area contributed by atoms with Crippen LogP contribution < -0.4 is 0 Å². The van der Waals surface area contributed by atoms with Crippen molar-refractivity contribution in [2.45, 2.75) is 27.7 Å². The Morgan fingerprint density at radius 3 is 2.26 bits per heavy atom. The molecule has 0 saturated heterocycles. The Morgan fingerprint density at radius 1 is 1.00 bits per heavy atom. The van der Waals surface area contributed by atoms with E-state index in [9.17, 15) is 0 Å². The molecule has 0 spiro atoms. The standard InChI is InChI=1S/C15H18N4/c1-9-8-10(2)16-14-13(9)15(17-18(14)5)19-11(3)6-7-12(19)4/h6-8H,1-5H3. The summed E-state index contributed by atoms with van der Waals surface area (Å²) >= 11 is 0. The predicted octanol–water partition coefficient (Wildman–Crippen LogP) is 2.99. The van der Waals surface area contributed by atoms with E-state index in [0.29, 0.717) is 0 Å². The Kier molecular flexibility index (Phi) is 2.49. The molecule has 0 aromatic carbocycles. The summed E-state index contributed by atoms with van der Waals surface area (Å²) in [7, 11) is 1.95. The van der Waals surface area contributed by atoms with Gasteiger partial charge in [0.15, 0.2) is 11.5 Å². The highest BCUT2D eigenvalue weighted by Crippen LogP contribution is 2.26. The summed E-state index contributed by atoms with van der Waals surface area (Å²) in [6.45, 7) is 8.34. The first kappa shape index (κ1) is 12.0. The van der Waals surface area contributed by atoms with Crippen molar-refractivity contribution in [1.29, 1.82) is 0 Å². The molecular weight excluding hydrogens is 236 g/mol. The predicted molar refractivity (Wildman–Crippen MR) is 76.8 cm³/mol. The molecule has 98 valence electrons. The van der Waals surface area contributed by atoms with Crippen LogP contribution in [-0.2, 0) is 7.05 Å². The Morgan fingerprint density at radius 2 is 1.63 bits per heavy atom. The van der Waals surface area contributed by atoms with Crippen molar-refractivity contribution in [3.8, 4) is 5.82 Å². The normalized spacial score (nSPS) is 11.4. The first-order chi connectivity index (χ1) is 8.99. The monoisotopic (exact) mass is 254 g/mol. The van der Waals surface area contributed by atoms with E-state index in [-0.39, 0.29) is 0 Å². The second kappa shape index (κ2) is 3.95. The molecule has 3 rings (SSSR count). The minimum Gasteiger partial charge on any atom is -0.301 e. The smallest absolute Gasteiger partial charge is 0.169 e. The maximum absolute atomic E-state index is 4.67. The van der Waals surface area contributed by atoms with Gasteiger partial charge in [-0.25, -0.2) is 9.67 Å². The largest absolute Gasteiger partial charge is 0.301 e. The van der Waals surface area contributed by atoms with Crippen LogP contribution in [0.4, 0.5) is 0 Å². The van der Waals surface area contributed by atoms with Crippen molar-refractivity contribution < 1.29 is 0 Å². The molecule has 0 bridgehead atoms. The van der Waals surface area contributed by atoms with E-state index in [1.54, 1.807) is 0 Å². The van der Waals surface area contributed by atoms with Crippen molar-refractivity contribution in [3.63, 3.8) is 0 Å². The van der Waals surface area contributed by atoms with Gasteiger partial charge in [-0.2, -0.15) is 5.10 Å². The molecule has 0 atom stereocenters. The summed E-state index contributed by atoms with van der Waals surface area (Å²) in [6, 6.07) is 6.35. The van der Waals surface area contributed by atoms with Gasteiger partial charge in [-0.3, -0.25) is 0 Å². The lowest BCUT2D eigenvalue weighted by molar-refractivity contribution is 0.758. The number of nitrogens with zero attached hydrogens (tertiary/aromatic N) is 4. The van der Waals surface area contributed by atoms with Gasteiger partial charge in [0.05, 0.1) is 5.39 Å². The highest BCUT2D eigenvalue weighted by Gasteiger charge is 2.16. The molecule has 3 aromatic heterocycles. The number of hydrogen-bond acceptors (Lipinski definition) is 2. The van der Waals surface area contributed by atoms with E-state index >= 15 is 0 Å². The van der Waals surface area contributed by atoms with Crippen LogP contribution in [0.15, 0.2) is 18.2 Å². The van der Waals surface area contributed by atoms with Gasteiger partial charge in [0.2, 0.25) is 0 Å². The van der Waals surface area contributed by atoms with Crippen molar-refractivity contribution in [3.05, 3.63) is 40.8 Å². The number of aryl methyl sites for hydroxylation is 5. The fraction of sp³-hybridized carbons (Fsp3) is 0.333. The highest BCUT2D eigenvalue weighted by molar-refractivity contribution is 5.87. The van der Waals surface area contributed by atoms with Gasteiger partial charge in [-0.15, -0.1) is 0 Å². The maximum atomic E-state index is 4.67. The summed E-state index contributed by atoms with van der Waals surface area (Å²) in [5, 5.41) is 5.81. The maximum Gasteiger partial charge on any atom is 0.169 e. The van der Waals surface area contributed by atoms with Crippen LogP contribution in [0.1, 0.15) is 22.6 Å². The van der Waals surface area contributed by atoms with Crippen LogP contribution >= 0.6 is 0 Å². The minimum absolute atomic E-state index is 0.944. The summed E-state index contributed by atoms with van der Waals surface area (Å²) in [4.78, 5) is 4.61. The van der Waals surface area contributed by atoms with Crippen LogP contribution in [0.25, 0.3) is 16.9 Å². The molecule has 0 amide bonds. The van der Waals surface area contributed by atoms with Gasteiger partial charge in [-0.1, -0.05) is 0 Å². The van der Waals surface area contributed by atoms with Crippen molar-refractivity contribution in [2.75, 3.05) is 0 Å². The molecule has 0 saturated carbocycles. The average molecular weight is 254 g/mol. The third-order valence-corrected chi connectivity index (χ3v) is 3.58. The second-order valence-electron chi connectivity index (χ2n) is 5.18. The molecule has 0 aliphatic rings. The molecule has 0 unspecified atom stereocenters. The van der Waals surface area contributed by atoms with Crippen LogP contribution in [0, 0.1) is 27.7 Å². The van der Waals surface area contributed by atoms with Gasteiger partial charge in [0, 0.05) is 24.1 Å². The summed E-state index contributed by atoms with van der Waals surface area (Å²) in [5.41, 5.74) is 5.58. The Hall–Kier alpha value is -2.10. The molecule has 0 fully saturated rings. The quantitative estimate of drug-likeness (QED) is 0.669. The molecule has 3 aromatic rings. The molecule has 0 aliphatic heterocycles. The first-order valence-corrected chi connectivity index (χ1v) is 6.45. The fourth-order valence-corrected chi connectivity index (χ4v) is 2.73. The molecule has 4 nitrogen and oxygen atoms in total. The Labute approximate surface area is 112 Å². The average Bonchev–Trinajstić information content (AvgIpc) is 2.81. The Bertz CT molecular complexity index is 758. The van der Waals surface area contributed by atoms with Crippen LogP contribution in [-0.4, -0.2) is 19.3 Å². The van der Waals surface area contributed by atoms with Gasteiger partial charge < -0.3 is 4.57 Å². The zero-order chi connectivity index (χ0) is 13.7. The van der Waals surface area contributed by atoms with E-state index in [1.165, 1.54) is 17.0 Å². The summed E-state index contributed by atoms with van der Waals surface area (Å²) in [6.07, 6.45) is 0. The van der Waals surface area contributed by atoms with E-state index in [0.717, 1.165) is 22.5 Å². The van der Waals surface area contributed by atoms with Crippen molar-refractivity contribution >= 4 is 11.0 Å². The first-order valence-electron chi connectivity index (χ1n) is 6.45. The van der Waals surface area contributed by atoms with E-state index in [2.05, 4.69) is 53.6 Å². The van der Waals surface area contributed by atoms with Gasteiger partial charge in [0.25, 0.3) is 0 Å². The molecular formula is C15H18N4. The number of pyridine rings is 1. The molecule has 0 N–H and O–H groups in total. The molecule has 19 heavy (non-hydrogen) atoms. The van der Waals surface area contributed by atoms with Gasteiger partial charge in [0.1, 0.15) is 0 Å². The third-order valence-electron chi connectivity index (χ3n) is 3.58. The molecule has 4 heteroatoms. The van der Waals surface area contributed by atoms with Crippen LogP contribution in [0.3, 0.4) is 0 Å². The van der Waals surface area contributed by atoms with Crippen molar-refractivity contribution in [1.82, 2.24) is 19.3 Å². The van der Waals surface area contributed by atoms with Crippen LogP contribution in [0.5, 0.6) is 0 Å². The second-order valence-corrected chi connectivity index (χ2v) is 5.18. The van der Waals surface area contributed by atoms with E-state index < -0.39 is 0 Å². The van der Waals surface area contributed by atoms with Crippen LogP contribution in [0.2, 0.25) is 0 Å². The highest BCUT2D eigenvalue weighted by atomic mass is 15.3. The SMILES string of the molecule is Cc1cc(C)c2c(-n3c(C)ccc3C)nn(C)c2n1. The minimum atomic E-state index is 0.944. The number of aromatic nitrogens is 4. The summed E-state index contributed by atoms with van der Waals surface area (Å²) < 4.78 is 4.05. The lowest BCUT2D eigenvalue weighted by Crippen LogP contribution is -2.01. The number of hydrogen-bond donors (Lipinski definition) is 0. The van der Waals surface area contributed by atoms with Gasteiger partial charge >= 0.3 is 0 Å². The van der Waals surface area contributed by atoms with Crippen molar-refractivity contribution in [2.24, 2.45) is 7.05 Å². The number of fused-ring (bicyclic) bond motifs is 1. The zero-order valence-corrected chi connectivity index (χ0v) is 12.0. The summed E-state index contributed by atoms with van der Waals surface area (Å²) in [5.74, 6) is 0.975.